The van der Waals surface area contributed by atoms with Crippen LogP contribution in [0.5, 0.6) is 5.75 Å². The van der Waals surface area contributed by atoms with Gasteiger partial charge in [-0.1, -0.05) is 12.1 Å². The zero-order valence-corrected chi connectivity index (χ0v) is 16.1. The smallest absolute Gasteiger partial charge is 0.326 e. The van der Waals surface area contributed by atoms with Crippen LogP contribution in [0.2, 0.25) is 0 Å². The minimum atomic E-state index is -1.07. The van der Waals surface area contributed by atoms with Crippen molar-refractivity contribution in [2.75, 3.05) is 20.2 Å². The Hall–Kier alpha value is -2.81. The van der Waals surface area contributed by atoms with Crippen molar-refractivity contribution in [2.24, 2.45) is 0 Å². The number of imide groups is 1. The molecular weight excluding hydrogens is 384 g/mol. The van der Waals surface area contributed by atoms with Gasteiger partial charge in [0.25, 0.3) is 11.1 Å². The molecule has 2 aliphatic heterocycles. The zero-order chi connectivity index (χ0) is 20.3. The number of benzene rings is 1. The molecule has 9 heteroatoms. The van der Waals surface area contributed by atoms with Crippen molar-refractivity contribution in [3.63, 3.8) is 0 Å². The lowest BCUT2D eigenvalue weighted by molar-refractivity contribution is -0.152. The van der Waals surface area contributed by atoms with E-state index in [0.717, 1.165) is 23.1 Å². The van der Waals surface area contributed by atoms with Crippen LogP contribution < -0.4 is 4.74 Å². The molecule has 0 spiro atoms. The summed E-state index contributed by atoms with van der Waals surface area (Å²) in [5.41, 5.74) is 0.693. The summed E-state index contributed by atoms with van der Waals surface area (Å²) in [6, 6.07) is 6.12. The van der Waals surface area contributed by atoms with E-state index in [2.05, 4.69) is 0 Å². The van der Waals surface area contributed by atoms with Gasteiger partial charge >= 0.3 is 5.97 Å². The van der Waals surface area contributed by atoms with Gasteiger partial charge in [-0.05, 0) is 54.8 Å². The fourth-order valence-electron chi connectivity index (χ4n) is 3.23. The maximum absolute atomic E-state index is 12.6. The topological polar surface area (TPSA) is 104 Å². The SMILES string of the molecule is COc1cccc(C=C2SC(=O)N(CC(=O)N3CCCCC3C(=O)O)C2=O)c1. The third-order valence-electron chi connectivity index (χ3n) is 4.67. The average Bonchev–Trinajstić information content (AvgIpc) is 2.95. The third-order valence-corrected chi connectivity index (χ3v) is 5.57. The molecule has 8 nitrogen and oxygen atoms in total. The number of carbonyl (C=O) groups excluding carboxylic acids is 3. The van der Waals surface area contributed by atoms with Gasteiger partial charge in [0.05, 0.1) is 12.0 Å². The lowest BCUT2D eigenvalue weighted by atomic mass is 10.0. The molecule has 3 amide bonds. The number of carbonyl (C=O) groups is 4. The van der Waals surface area contributed by atoms with Crippen molar-refractivity contribution in [3.8, 4) is 5.75 Å². The van der Waals surface area contributed by atoms with Crippen LogP contribution >= 0.6 is 11.8 Å². The van der Waals surface area contributed by atoms with Gasteiger partial charge in [-0.25, -0.2) is 4.79 Å². The van der Waals surface area contributed by atoms with Gasteiger partial charge in [-0.15, -0.1) is 0 Å². The predicted molar refractivity (Wildman–Crippen MR) is 103 cm³/mol. The Bertz CT molecular complexity index is 853. The van der Waals surface area contributed by atoms with E-state index in [0.29, 0.717) is 30.7 Å². The summed E-state index contributed by atoms with van der Waals surface area (Å²) in [5, 5.41) is 8.76. The van der Waals surface area contributed by atoms with Crippen LogP contribution in [0.25, 0.3) is 6.08 Å². The number of methoxy groups -OCH3 is 1. The molecule has 28 heavy (non-hydrogen) atoms. The Morgan fingerprint density at radius 1 is 1.32 bits per heavy atom. The van der Waals surface area contributed by atoms with Crippen LogP contribution in [0.4, 0.5) is 4.79 Å². The fourth-order valence-corrected chi connectivity index (χ4v) is 4.07. The van der Waals surface area contributed by atoms with Gasteiger partial charge < -0.3 is 14.7 Å². The Balaban J connectivity index is 1.73. The third kappa shape index (κ3) is 4.19. The minimum Gasteiger partial charge on any atom is -0.497 e. The van der Waals surface area contributed by atoms with Crippen molar-refractivity contribution < 1.29 is 29.0 Å². The van der Waals surface area contributed by atoms with Gasteiger partial charge in [-0.2, -0.15) is 0 Å². The van der Waals surface area contributed by atoms with E-state index < -0.39 is 35.6 Å². The second-order valence-electron chi connectivity index (χ2n) is 6.48. The van der Waals surface area contributed by atoms with E-state index in [4.69, 9.17) is 4.74 Å². The lowest BCUT2D eigenvalue weighted by Crippen LogP contribution is -2.51. The van der Waals surface area contributed by atoms with Crippen molar-refractivity contribution >= 4 is 40.9 Å². The average molecular weight is 404 g/mol. The summed E-state index contributed by atoms with van der Waals surface area (Å²) in [4.78, 5) is 51.1. The zero-order valence-electron chi connectivity index (χ0n) is 15.3. The molecule has 0 aliphatic carbocycles. The molecule has 2 aliphatic rings. The molecule has 2 saturated heterocycles. The van der Waals surface area contributed by atoms with Crippen molar-refractivity contribution in [1.29, 1.82) is 0 Å². The molecule has 0 aromatic heterocycles. The Morgan fingerprint density at radius 3 is 2.82 bits per heavy atom. The molecule has 1 N–H and O–H groups in total. The summed E-state index contributed by atoms with van der Waals surface area (Å²) < 4.78 is 5.14. The minimum absolute atomic E-state index is 0.208. The Morgan fingerprint density at radius 2 is 2.11 bits per heavy atom. The summed E-state index contributed by atoms with van der Waals surface area (Å²) in [7, 11) is 1.53. The highest BCUT2D eigenvalue weighted by atomic mass is 32.2. The number of amides is 3. The second kappa shape index (κ2) is 8.47. The number of carboxylic acids is 1. The number of likely N-dealkylation sites (tertiary alicyclic amines) is 1. The van der Waals surface area contributed by atoms with Crippen LogP contribution in [0, 0.1) is 0 Å². The predicted octanol–water partition coefficient (Wildman–Crippen LogP) is 2.20. The molecule has 3 rings (SSSR count). The highest BCUT2D eigenvalue weighted by Crippen LogP contribution is 2.33. The molecule has 1 aromatic rings. The number of aliphatic carboxylic acids is 1. The van der Waals surface area contributed by atoms with Gasteiger partial charge in [0, 0.05) is 6.54 Å². The first-order valence-electron chi connectivity index (χ1n) is 8.82. The first-order chi connectivity index (χ1) is 13.4. The summed E-state index contributed by atoms with van der Waals surface area (Å²) >= 11 is 0.756. The van der Waals surface area contributed by atoms with Crippen molar-refractivity contribution in [1.82, 2.24) is 9.80 Å². The molecule has 0 radical (unpaired) electrons. The molecule has 2 fully saturated rings. The summed E-state index contributed by atoms with van der Waals surface area (Å²) in [6.07, 6.45) is 3.37. The van der Waals surface area contributed by atoms with Crippen LogP contribution in [-0.4, -0.2) is 64.2 Å². The van der Waals surface area contributed by atoms with Crippen molar-refractivity contribution in [3.05, 3.63) is 34.7 Å². The van der Waals surface area contributed by atoms with E-state index in [1.807, 2.05) is 0 Å². The normalized spacial score (nSPS) is 21.3. The largest absolute Gasteiger partial charge is 0.497 e. The number of rotatable bonds is 5. The van der Waals surface area contributed by atoms with Gasteiger partial charge in [0.1, 0.15) is 18.3 Å². The molecule has 148 valence electrons. The van der Waals surface area contributed by atoms with Crippen LogP contribution in [0.3, 0.4) is 0 Å². The molecule has 0 bridgehead atoms. The standard InChI is InChI=1S/C19H20N2O6S/c1-27-13-6-4-5-12(9-13)10-15-17(23)21(19(26)28-15)11-16(22)20-8-3-2-7-14(20)18(24)25/h4-6,9-10,14H,2-3,7-8,11H2,1H3,(H,24,25). The van der Waals surface area contributed by atoms with E-state index in [-0.39, 0.29) is 4.91 Å². The van der Waals surface area contributed by atoms with E-state index in [9.17, 15) is 24.3 Å². The number of carboxylic acid groups (broad SMARTS) is 1. The van der Waals surface area contributed by atoms with E-state index in [1.54, 1.807) is 30.3 Å². The Kier molecular flexibility index (Phi) is 6.03. The van der Waals surface area contributed by atoms with Crippen LogP contribution in [0.1, 0.15) is 24.8 Å². The fraction of sp³-hybridized carbons (Fsp3) is 0.368. The molecule has 1 aromatic carbocycles. The Labute approximate surface area is 166 Å². The molecule has 2 heterocycles. The molecule has 1 unspecified atom stereocenters. The first kappa shape index (κ1) is 19.9. The highest BCUT2D eigenvalue weighted by molar-refractivity contribution is 8.18. The molecule has 1 atom stereocenters. The second-order valence-corrected chi connectivity index (χ2v) is 7.47. The van der Waals surface area contributed by atoms with E-state index >= 15 is 0 Å². The number of hydrogen-bond acceptors (Lipinski definition) is 6. The lowest BCUT2D eigenvalue weighted by Gasteiger charge is -2.33. The number of hydrogen-bond donors (Lipinski definition) is 1. The quantitative estimate of drug-likeness (QED) is 0.750. The summed E-state index contributed by atoms with van der Waals surface area (Å²) in [6.45, 7) is -0.143. The highest BCUT2D eigenvalue weighted by Gasteiger charge is 2.39. The monoisotopic (exact) mass is 404 g/mol. The number of nitrogens with zero attached hydrogens (tertiary/aromatic N) is 2. The number of piperidine rings is 1. The maximum atomic E-state index is 12.6. The molecule has 0 saturated carbocycles. The van der Waals surface area contributed by atoms with Crippen LogP contribution in [0.15, 0.2) is 29.2 Å². The van der Waals surface area contributed by atoms with Crippen molar-refractivity contribution in [2.45, 2.75) is 25.3 Å². The van der Waals surface area contributed by atoms with E-state index in [1.165, 1.54) is 12.0 Å². The first-order valence-corrected chi connectivity index (χ1v) is 9.64. The number of thioether (sulfide) groups is 1. The maximum Gasteiger partial charge on any atom is 0.326 e. The van der Waals surface area contributed by atoms with Crippen LogP contribution in [-0.2, 0) is 14.4 Å². The van der Waals surface area contributed by atoms with Gasteiger partial charge in [0.2, 0.25) is 5.91 Å². The number of ether oxygens (including phenoxy) is 1. The van der Waals surface area contributed by atoms with Gasteiger partial charge in [-0.3, -0.25) is 19.3 Å². The van der Waals surface area contributed by atoms with Gasteiger partial charge in [0.15, 0.2) is 0 Å². The molecular formula is C19H20N2O6S. The summed E-state index contributed by atoms with van der Waals surface area (Å²) in [5.74, 6) is -1.54.